The molecule has 2 saturated heterocycles. The molecule has 0 amide bonds. The summed E-state index contributed by atoms with van der Waals surface area (Å²) in [6.45, 7) is 1.54. The van der Waals surface area contributed by atoms with E-state index in [1.807, 2.05) is 36.4 Å². The molecule has 2 aromatic carbocycles. The first kappa shape index (κ1) is 21.3. The van der Waals surface area contributed by atoms with E-state index in [2.05, 4.69) is 15.3 Å². The normalized spacial score (nSPS) is 20.5. The van der Waals surface area contributed by atoms with Crippen molar-refractivity contribution in [2.75, 3.05) is 23.3 Å². The molecule has 3 heterocycles. The van der Waals surface area contributed by atoms with E-state index in [1.54, 1.807) is 6.07 Å². The summed E-state index contributed by atoms with van der Waals surface area (Å²) in [6, 6.07) is 15.4. The van der Waals surface area contributed by atoms with Gasteiger partial charge in [-0.3, -0.25) is 4.79 Å². The number of morpholine rings is 1. The second kappa shape index (κ2) is 9.15. The fourth-order valence-corrected chi connectivity index (χ4v) is 4.59. The Morgan fingerprint density at radius 3 is 2.61 bits per heavy atom. The van der Waals surface area contributed by atoms with Crippen molar-refractivity contribution < 1.29 is 9.13 Å². The molecule has 0 saturated carbocycles. The van der Waals surface area contributed by atoms with Crippen LogP contribution in [-0.4, -0.2) is 41.3 Å². The summed E-state index contributed by atoms with van der Waals surface area (Å²) >= 11 is 0. The Kier molecular flexibility index (Phi) is 5.92. The number of anilines is 2. The van der Waals surface area contributed by atoms with Crippen LogP contribution in [0.5, 0.6) is 0 Å². The number of aromatic nitrogens is 2. The highest BCUT2D eigenvalue weighted by Gasteiger charge is 2.34. The monoisotopic (exact) mass is 447 g/mol. The number of hydrogen-bond acceptors (Lipinski definition) is 6. The van der Waals surface area contributed by atoms with Gasteiger partial charge in [0.05, 0.1) is 18.2 Å². The zero-order valence-corrected chi connectivity index (χ0v) is 18.2. The van der Waals surface area contributed by atoms with Crippen molar-refractivity contribution in [3.8, 4) is 5.69 Å². The topological polar surface area (TPSA) is 83.2 Å². The number of rotatable bonds is 7. The molecule has 2 N–H and O–H groups in total. The van der Waals surface area contributed by atoms with Crippen LogP contribution in [0.1, 0.15) is 31.0 Å². The van der Waals surface area contributed by atoms with Crippen LogP contribution in [0, 0.1) is 11.2 Å². The summed E-state index contributed by atoms with van der Waals surface area (Å²) < 4.78 is 22.5. The van der Waals surface area contributed by atoms with Gasteiger partial charge in [0.2, 0.25) is 5.43 Å². The Labute approximate surface area is 191 Å². The molecule has 2 aliphatic rings. The van der Waals surface area contributed by atoms with Gasteiger partial charge in [0.15, 0.2) is 5.82 Å². The summed E-state index contributed by atoms with van der Waals surface area (Å²) in [7, 11) is 0. The molecular weight excluding hydrogens is 421 g/mol. The minimum Gasteiger partial charge on any atom is -0.376 e. The first-order chi connectivity index (χ1) is 16.1. The molecule has 1 aromatic heterocycles. The number of halogens is 1. The Balaban J connectivity index is 1.43. The van der Waals surface area contributed by atoms with Crippen LogP contribution in [0.3, 0.4) is 0 Å². The highest BCUT2D eigenvalue weighted by atomic mass is 19.1. The molecule has 33 heavy (non-hydrogen) atoms. The molecule has 5 rings (SSSR count). The Hall–Kier alpha value is -3.52. The second-order valence-corrected chi connectivity index (χ2v) is 8.51. The minimum absolute atomic E-state index is 0.220. The summed E-state index contributed by atoms with van der Waals surface area (Å²) in [4.78, 5) is 14.8. The Bertz CT molecular complexity index is 1190. The van der Waals surface area contributed by atoms with E-state index in [4.69, 9.17) is 10.1 Å². The van der Waals surface area contributed by atoms with Gasteiger partial charge in [-0.1, -0.05) is 18.2 Å². The third-order valence-corrected chi connectivity index (χ3v) is 6.22. The fraction of sp³-hybridized carbons (Fsp3) is 0.320. The molecule has 2 fully saturated rings. The van der Waals surface area contributed by atoms with Crippen molar-refractivity contribution in [1.82, 2.24) is 9.78 Å². The van der Waals surface area contributed by atoms with Crippen molar-refractivity contribution in [3.63, 3.8) is 0 Å². The molecule has 7 nitrogen and oxygen atoms in total. The standard InChI is InChI=1S/C25H26FN5O2/c26-21-14-18(30-15-19-7-8-20(16-30)33-19)6-9-23(21)31-13-11-24(32)25(29-31)22(10-12-27)28-17-4-2-1-3-5-17/h1-6,9,11-14,19-20,22,27-28H,7-8,10,15-16H2. The fourth-order valence-electron chi connectivity index (χ4n) is 4.59. The quantitative estimate of drug-likeness (QED) is 0.536. The molecule has 3 atom stereocenters. The first-order valence-electron chi connectivity index (χ1n) is 11.2. The molecule has 3 unspecified atom stereocenters. The lowest BCUT2D eigenvalue weighted by atomic mass is 10.1. The number of hydrogen-bond donors (Lipinski definition) is 2. The van der Waals surface area contributed by atoms with Gasteiger partial charge < -0.3 is 20.4 Å². The van der Waals surface area contributed by atoms with Gasteiger partial charge in [0.1, 0.15) is 11.4 Å². The average Bonchev–Trinajstić information content (AvgIpc) is 3.17. The molecule has 0 spiro atoms. The molecule has 2 aliphatic heterocycles. The van der Waals surface area contributed by atoms with Crippen molar-refractivity contribution >= 4 is 17.6 Å². The Morgan fingerprint density at radius 1 is 1.15 bits per heavy atom. The predicted molar refractivity (Wildman–Crippen MR) is 126 cm³/mol. The van der Waals surface area contributed by atoms with Crippen LogP contribution in [0.25, 0.3) is 5.69 Å². The summed E-state index contributed by atoms with van der Waals surface area (Å²) in [5.74, 6) is -0.409. The van der Waals surface area contributed by atoms with Crippen molar-refractivity contribution in [2.45, 2.75) is 37.5 Å². The van der Waals surface area contributed by atoms with Gasteiger partial charge in [-0.15, -0.1) is 0 Å². The largest absolute Gasteiger partial charge is 0.376 e. The maximum absolute atomic E-state index is 15.2. The summed E-state index contributed by atoms with van der Waals surface area (Å²) in [5, 5.41) is 15.3. The summed E-state index contributed by atoms with van der Waals surface area (Å²) in [6.07, 6.45) is 5.55. The van der Waals surface area contributed by atoms with Gasteiger partial charge >= 0.3 is 0 Å². The average molecular weight is 448 g/mol. The van der Waals surface area contributed by atoms with Gasteiger partial charge in [0.25, 0.3) is 0 Å². The van der Waals surface area contributed by atoms with Crippen LogP contribution >= 0.6 is 0 Å². The van der Waals surface area contributed by atoms with Gasteiger partial charge in [-0.2, -0.15) is 5.10 Å². The van der Waals surface area contributed by atoms with Gasteiger partial charge in [0, 0.05) is 43.1 Å². The lowest BCUT2D eigenvalue weighted by Gasteiger charge is -2.34. The number of benzene rings is 2. The second-order valence-electron chi connectivity index (χ2n) is 8.51. The maximum Gasteiger partial charge on any atom is 0.205 e. The SMILES string of the molecule is N=CCC(Nc1ccccc1)c1nn(-c2ccc(N3CC4CCC(C3)O4)cc2F)ccc1=O. The van der Waals surface area contributed by atoms with Crippen molar-refractivity contribution in [2.24, 2.45) is 0 Å². The number of nitrogens with one attached hydrogen (secondary N) is 2. The van der Waals surface area contributed by atoms with Crippen LogP contribution in [0.2, 0.25) is 0 Å². The molecule has 0 radical (unpaired) electrons. The zero-order valence-electron chi connectivity index (χ0n) is 18.2. The zero-order chi connectivity index (χ0) is 22.8. The smallest absolute Gasteiger partial charge is 0.205 e. The van der Waals surface area contributed by atoms with Crippen LogP contribution in [0.15, 0.2) is 65.6 Å². The third kappa shape index (κ3) is 4.52. The van der Waals surface area contributed by atoms with E-state index in [0.29, 0.717) is 0 Å². The number of ether oxygens (including phenoxy) is 1. The highest BCUT2D eigenvalue weighted by molar-refractivity contribution is 5.57. The number of fused-ring (bicyclic) bond motifs is 2. The van der Waals surface area contributed by atoms with E-state index >= 15 is 4.39 Å². The van der Waals surface area contributed by atoms with Gasteiger partial charge in [-0.25, -0.2) is 9.07 Å². The number of nitrogens with zero attached hydrogens (tertiary/aromatic N) is 3. The van der Waals surface area contributed by atoms with E-state index in [-0.39, 0.29) is 35.4 Å². The first-order valence-corrected chi connectivity index (χ1v) is 11.2. The predicted octanol–water partition coefficient (Wildman–Crippen LogP) is 3.93. The van der Waals surface area contributed by atoms with Crippen LogP contribution < -0.4 is 15.6 Å². The Morgan fingerprint density at radius 2 is 1.91 bits per heavy atom. The number of para-hydroxylation sites is 1. The van der Waals surface area contributed by atoms with E-state index in [9.17, 15) is 4.79 Å². The lowest BCUT2D eigenvalue weighted by Crippen LogP contribution is -2.42. The van der Waals surface area contributed by atoms with E-state index < -0.39 is 11.9 Å². The van der Waals surface area contributed by atoms with Gasteiger partial charge in [-0.05, 0) is 49.4 Å². The van der Waals surface area contributed by atoms with Crippen LogP contribution in [-0.2, 0) is 4.74 Å². The molecule has 170 valence electrons. The lowest BCUT2D eigenvalue weighted by molar-refractivity contribution is 0.0305. The third-order valence-electron chi connectivity index (χ3n) is 6.22. The van der Waals surface area contributed by atoms with Crippen molar-refractivity contribution in [3.05, 3.63) is 82.5 Å². The molecule has 8 heteroatoms. The maximum atomic E-state index is 15.2. The molecule has 2 bridgehead atoms. The summed E-state index contributed by atoms with van der Waals surface area (Å²) in [5.41, 5.74) is 1.88. The van der Waals surface area contributed by atoms with E-state index in [1.165, 1.54) is 29.2 Å². The highest BCUT2D eigenvalue weighted by Crippen LogP contribution is 2.31. The molecule has 0 aliphatic carbocycles. The molecule has 3 aromatic rings. The van der Waals surface area contributed by atoms with Crippen molar-refractivity contribution in [1.29, 1.82) is 5.41 Å². The van der Waals surface area contributed by atoms with Crippen LogP contribution in [0.4, 0.5) is 15.8 Å². The molecular formula is C25H26FN5O2. The minimum atomic E-state index is -0.504. The van der Waals surface area contributed by atoms with E-state index in [0.717, 1.165) is 37.3 Å².